The van der Waals surface area contributed by atoms with Crippen LogP contribution in [0.4, 0.5) is 5.69 Å². The minimum absolute atomic E-state index is 0.261. The number of carbonyl (C=O) groups excluding carboxylic acids is 1. The zero-order valence-electron chi connectivity index (χ0n) is 10.8. The van der Waals surface area contributed by atoms with Crippen LogP contribution in [-0.2, 0) is 4.79 Å². The van der Waals surface area contributed by atoms with Crippen molar-refractivity contribution in [2.45, 2.75) is 31.7 Å². The number of nitrogens with two attached hydrogens (primary N) is 2. The molecule has 4 N–H and O–H groups in total. The Morgan fingerprint density at radius 1 is 1.21 bits per heavy atom. The molecule has 0 aliphatic heterocycles. The molecule has 0 heterocycles. The van der Waals surface area contributed by atoms with E-state index in [0.717, 1.165) is 24.1 Å². The van der Waals surface area contributed by atoms with E-state index in [0.29, 0.717) is 11.0 Å². The van der Waals surface area contributed by atoms with Gasteiger partial charge in [-0.3, -0.25) is 4.79 Å². The van der Waals surface area contributed by atoms with E-state index in [1.165, 1.54) is 12.8 Å². The first kappa shape index (κ1) is 13.8. The number of benzene rings is 1. The molecule has 0 aromatic heterocycles. The number of carbonyl (C=O) groups is 1. The van der Waals surface area contributed by atoms with E-state index in [-0.39, 0.29) is 12.5 Å². The van der Waals surface area contributed by atoms with Crippen LogP contribution in [-0.4, -0.2) is 23.5 Å². The van der Waals surface area contributed by atoms with Gasteiger partial charge in [0, 0.05) is 17.3 Å². The molecule has 4 nitrogen and oxygen atoms in total. The zero-order valence-corrected chi connectivity index (χ0v) is 11.7. The molecule has 1 aliphatic rings. The number of primary amides is 1. The highest BCUT2D eigenvalue weighted by Gasteiger charge is 2.24. The summed E-state index contributed by atoms with van der Waals surface area (Å²) in [6.45, 7) is 0.261. The SMILES string of the molecule is NC(=O)CN(c1ccc(C(N)=S)cc1)C1CCCC1. The molecule has 1 amide bonds. The lowest BCUT2D eigenvalue weighted by Crippen LogP contribution is -2.40. The highest BCUT2D eigenvalue weighted by atomic mass is 32.1. The van der Waals surface area contributed by atoms with Gasteiger partial charge in [0.2, 0.25) is 5.91 Å². The number of hydrogen-bond acceptors (Lipinski definition) is 3. The number of nitrogens with zero attached hydrogens (tertiary/aromatic N) is 1. The molecular formula is C14H19N3OS. The first-order chi connectivity index (χ1) is 9.08. The third-order valence-corrected chi connectivity index (χ3v) is 3.81. The number of hydrogen-bond donors (Lipinski definition) is 2. The molecule has 19 heavy (non-hydrogen) atoms. The third-order valence-electron chi connectivity index (χ3n) is 3.58. The molecule has 5 heteroatoms. The topological polar surface area (TPSA) is 72.4 Å². The van der Waals surface area contributed by atoms with Gasteiger partial charge in [0.25, 0.3) is 0 Å². The summed E-state index contributed by atoms with van der Waals surface area (Å²) in [6.07, 6.45) is 4.66. The van der Waals surface area contributed by atoms with Gasteiger partial charge < -0.3 is 16.4 Å². The maximum atomic E-state index is 11.3. The summed E-state index contributed by atoms with van der Waals surface area (Å²) < 4.78 is 0. The van der Waals surface area contributed by atoms with Crippen molar-refractivity contribution >= 4 is 28.8 Å². The monoisotopic (exact) mass is 277 g/mol. The Morgan fingerprint density at radius 3 is 2.26 bits per heavy atom. The lowest BCUT2D eigenvalue weighted by molar-refractivity contribution is -0.116. The molecule has 0 saturated heterocycles. The van der Waals surface area contributed by atoms with Crippen LogP contribution in [0.25, 0.3) is 0 Å². The molecule has 1 fully saturated rings. The Kier molecular flexibility index (Phi) is 4.37. The van der Waals surface area contributed by atoms with Gasteiger partial charge in [0.1, 0.15) is 4.99 Å². The summed E-state index contributed by atoms with van der Waals surface area (Å²) in [5, 5.41) is 0. The van der Waals surface area contributed by atoms with Crippen molar-refractivity contribution in [3.05, 3.63) is 29.8 Å². The van der Waals surface area contributed by atoms with Crippen LogP contribution in [0.1, 0.15) is 31.2 Å². The van der Waals surface area contributed by atoms with E-state index in [1.807, 2.05) is 24.3 Å². The summed E-state index contributed by atoms with van der Waals surface area (Å²) in [5.74, 6) is -0.301. The van der Waals surface area contributed by atoms with Gasteiger partial charge in [0.15, 0.2) is 0 Å². The van der Waals surface area contributed by atoms with Gasteiger partial charge in [-0.25, -0.2) is 0 Å². The molecule has 0 atom stereocenters. The normalized spacial score (nSPS) is 15.4. The van der Waals surface area contributed by atoms with Gasteiger partial charge >= 0.3 is 0 Å². The summed E-state index contributed by atoms with van der Waals surface area (Å²) in [6, 6.07) is 8.09. The lowest BCUT2D eigenvalue weighted by Gasteiger charge is -2.30. The van der Waals surface area contributed by atoms with Crippen LogP contribution in [0.3, 0.4) is 0 Å². The molecule has 1 aromatic rings. The molecule has 1 aliphatic carbocycles. The van der Waals surface area contributed by atoms with Gasteiger partial charge in [-0.05, 0) is 37.1 Å². The van der Waals surface area contributed by atoms with E-state index in [9.17, 15) is 4.79 Å². The smallest absolute Gasteiger partial charge is 0.236 e. The second-order valence-corrected chi connectivity index (χ2v) is 5.38. The highest BCUT2D eigenvalue weighted by molar-refractivity contribution is 7.80. The first-order valence-electron chi connectivity index (χ1n) is 6.53. The molecule has 1 saturated carbocycles. The van der Waals surface area contributed by atoms with Crippen LogP contribution in [0.5, 0.6) is 0 Å². The second-order valence-electron chi connectivity index (χ2n) is 4.94. The van der Waals surface area contributed by atoms with Crippen molar-refractivity contribution in [1.82, 2.24) is 0 Å². The van der Waals surface area contributed by atoms with Crippen molar-refractivity contribution in [2.24, 2.45) is 11.5 Å². The van der Waals surface area contributed by atoms with Gasteiger partial charge in [-0.1, -0.05) is 25.1 Å². The maximum absolute atomic E-state index is 11.3. The molecule has 2 rings (SSSR count). The van der Waals surface area contributed by atoms with Gasteiger partial charge in [-0.15, -0.1) is 0 Å². The molecule has 0 spiro atoms. The molecular weight excluding hydrogens is 258 g/mol. The Bertz CT molecular complexity index is 466. The fraction of sp³-hybridized carbons (Fsp3) is 0.429. The summed E-state index contributed by atoms with van der Waals surface area (Å²) in [5.41, 5.74) is 12.8. The maximum Gasteiger partial charge on any atom is 0.236 e. The molecule has 0 bridgehead atoms. The Labute approximate surface area is 118 Å². The van der Waals surface area contributed by atoms with Crippen molar-refractivity contribution in [3.63, 3.8) is 0 Å². The van der Waals surface area contributed by atoms with Crippen LogP contribution in [0, 0.1) is 0 Å². The number of rotatable bonds is 5. The quantitative estimate of drug-likeness (QED) is 0.801. The number of amides is 1. The standard InChI is InChI=1S/C14H19N3OS/c15-13(18)9-17(11-3-1-2-4-11)12-7-5-10(6-8-12)14(16)19/h5-8,11H,1-4,9H2,(H2,15,18)(H2,16,19). The van der Waals surface area contributed by atoms with Crippen molar-refractivity contribution in [3.8, 4) is 0 Å². The van der Waals surface area contributed by atoms with Crippen LogP contribution in [0.2, 0.25) is 0 Å². The average molecular weight is 277 g/mol. The predicted octanol–water partition coefficient (Wildman–Crippen LogP) is 1.56. The fourth-order valence-corrected chi connectivity index (χ4v) is 2.77. The highest BCUT2D eigenvalue weighted by Crippen LogP contribution is 2.28. The van der Waals surface area contributed by atoms with E-state index < -0.39 is 0 Å². The zero-order chi connectivity index (χ0) is 13.8. The van der Waals surface area contributed by atoms with Gasteiger partial charge in [0.05, 0.1) is 6.54 Å². The van der Waals surface area contributed by atoms with E-state index in [2.05, 4.69) is 4.90 Å². The number of thiocarbonyl (C=S) groups is 1. The fourth-order valence-electron chi connectivity index (χ4n) is 2.63. The van der Waals surface area contributed by atoms with E-state index in [4.69, 9.17) is 23.7 Å². The largest absolute Gasteiger partial charge is 0.389 e. The van der Waals surface area contributed by atoms with Crippen LogP contribution < -0.4 is 16.4 Å². The molecule has 0 radical (unpaired) electrons. The van der Waals surface area contributed by atoms with Crippen molar-refractivity contribution in [1.29, 1.82) is 0 Å². The second kappa shape index (κ2) is 6.02. The van der Waals surface area contributed by atoms with E-state index in [1.54, 1.807) is 0 Å². The van der Waals surface area contributed by atoms with Crippen molar-refractivity contribution < 1.29 is 4.79 Å². The molecule has 1 aromatic carbocycles. The summed E-state index contributed by atoms with van der Waals surface area (Å²) in [7, 11) is 0. The van der Waals surface area contributed by atoms with Crippen LogP contribution >= 0.6 is 12.2 Å². The first-order valence-corrected chi connectivity index (χ1v) is 6.93. The van der Waals surface area contributed by atoms with Crippen molar-refractivity contribution in [2.75, 3.05) is 11.4 Å². The van der Waals surface area contributed by atoms with E-state index >= 15 is 0 Å². The number of anilines is 1. The lowest BCUT2D eigenvalue weighted by atomic mass is 10.1. The Hall–Kier alpha value is -1.62. The predicted molar refractivity (Wildman–Crippen MR) is 81.1 cm³/mol. The average Bonchev–Trinajstić information content (AvgIpc) is 2.89. The molecule has 102 valence electrons. The van der Waals surface area contributed by atoms with Crippen LogP contribution in [0.15, 0.2) is 24.3 Å². The van der Waals surface area contributed by atoms with Gasteiger partial charge in [-0.2, -0.15) is 0 Å². The summed E-state index contributed by atoms with van der Waals surface area (Å²) in [4.78, 5) is 13.7. The minimum Gasteiger partial charge on any atom is -0.389 e. The Balaban J connectivity index is 2.21. The summed E-state index contributed by atoms with van der Waals surface area (Å²) >= 11 is 4.94. The minimum atomic E-state index is -0.301. The molecule has 0 unspecified atom stereocenters. The third kappa shape index (κ3) is 3.44. The Morgan fingerprint density at radius 2 is 1.79 bits per heavy atom.